The molecule has 1 unspecified atom stereocenters. The van der Waals surface area contributed by atoms with Crippen LogP contribution in [0.3, 0.4) is 0 Å². The minimum Gasteiger partial charge on any atom is -0.480 e. The van der Waals surface area contributed by atoms with Crippen molar-refractivity contribution in [3.63, 3.8) is 0 Å². The summed E-state index contributed by atoms with van der Waals surface area (Å²) in [5.74, 6) is -0.880. The van der Waals surface area contributed by atoms with Gasteiger partial charge in [-0.25, -0.2) is 0 Å². The highest BCUT2D eigenvalue weighted by Crippen LogP contribution is 2.45. The Morgan fingerprint density at radius 3 is 2.56 bits per heavy atom. The van der Waals surface area contributed by atoms with Crippen LogP contribution in [0.25, 0.3) is 0 Å². The maximum atomic E-state index is 13.3. The average Bonchev–Trinajstić information content (AvgIpc) is 3.35. The van der Waals surface area contributed by atoms with Crippen LogP contribution in [-0.4, -0.2) is 40.8 Å². The molecule has 0 radical (unpaired) electrons. The topological polar surface area (TPSA) is 66.8 Å². The molecule has 1 saturated carbocycles. The number of ketones is 1. The van der Waals surface area contributed by atoms with E-state index in [1.807, 2.05) is 0 Å². The number of hydroxylamine groups is 2. The van der Waals surface area contributed by atoms with Gasteiger partial charge in [-0.15, -0.1) is 16.8 Å². The largest absolute Gasteiger partial charge is 0.480 e. The van der Waals surface area contributed by atoms with Gasteiger partial charge in [0, 0.05) is 22.9 Å². The van der Waals surface area contributed by atoms with Gasteiger partial charge >= 0.3 is 5.97 Å². The molecular weight excluding hydrogens is 385 g/mol. The van der Waals surface area contributed by atoms with Gasteiger partial charge in [0.1, 0.15) is 5.76 Å². The van der Waals surface area contributed by atoms with Crippen LogP contribution in [0.2, 0.25) is 10.0 Å². The molecule has 1 aliphatic heterocycles. The molecule has 0 aromatic heterocycles. The van der Waals surface area contributed by atoms with Crippen molar-refractivity contribution in [2.24, 2.45) is 5.92 Å². The Bertz CT molecular complexity index is 776. The van der Waals surface area contributed by atoms with Gasteiger partial charge in [-0.05, 0) is 38.2 Å². The predicted octanol–water partition coefficient (Wildman–Crippen LogP) is 4.28. The number of aliphatic carboxylic acids is 1. The van der Waals surface area contributed by atoms with Crippen molar-refractivity contribution in [1.29, 1.82) is 0 Å². The average molecular weight is 402 g/mol. The fraction of sp³-hybridized carbons (Fsp3) is 0.412. The van der Waals surface area contributed by atoms with Gasteiger partial charge in [-0.1, -0.05) is 23.2 Å². The van der Waals surface area contributed by atoms with Crippen molar-refractivity contribution in [2.75, 3.05) is 12.8 Å². The number of benzene rings is 1. The fourth-order valence-electron chi connectivity index (χ4n) is 2.93. The maximum Gasteiger partial charge on any atom is 0.329 e. The highest BCUT2D eigenvalue weighted by atomic mass is 35.5. The Morgan fingerprint density at radius 1 is 1.36 bits per heavy atom. The quantitative estimate of drug-likeness (QED) is 0.566. The van der Waals surface area contributed by atoms with E-state index in [0.717, 1.165) is 12.8 Å². The van der Waals surface area contributed by atoms with E-state index in [0.29, 0.717) is 32.8 Å². The molecule has 8 heteroatoms. The summed E-state index contributed by atoms with van der Waals surface area (Å²) in [4.78, 5) is 31.4. The lowest BCUT2D eigenvalue weighted by Gasteiger charge is -2.19. The molecule has 1 aromatic rings. The maximum absolute atomic E-state index is 13.3. The van der Waals surface area contributed by atoms with Gasteiger partial charge in [0.15, 0.2) is 11.8 Å². The molecule has 1 N–H and O–H groups in total. The van der Waals surface area contributed by atoms with Crippen LogP contribution in [0.1, 0.15) is 30.1 Å². The van der Waals surface area contributed by atoms with E-state index in [1.54, 1.807) is 25.3 Å². The van der Waals surface area contributed by atoms with Crippen molar-refractivity contribution in [1.82, 2.24) is 5.06 Å². The second kappa shape index (κ2) is 7.19. The zero-order chi connectivity index (χ0) is 18.3. The van der Waals surface area contributed by atoms with E-state index in [9.17, 15) is 14.7 Å². The smallest absolute Gasteiger partial charge is 0.329 e. The molecular formula is C17H17Cl2NO4S. The summed E-state index contributed by atoms with van der Waals surface area (Å²) in [6.07, 6.45) is 3.59. The second-order valence-corrected chi connectivity index (χ2v) is 7.49. The first-order valence-electron chi connectivity index (χ1n) is 7.88. The standard InChI is InChI=1S/C17H17Cl2NO4S/c1-3-20-13(17(22)23)11(15(24-20)8-4-5-8)14(21)9-6-7-10(18)12(19)16(9)25-2/h6-8,13H,3-5H2,1-2H3,(H,22,23). The van der Waals surface area contributed by atoms with E-state index in [4.69, 9.17) is 28.0 Å². The summed E-state index contributed by atoms with van der Waals surface area (Å²) >= 11 is 13.6. The van der Waals surface area contributed by atoms with Crippen LogP contribution in [-0.2, 0) is 9.63 Å². The normalized spacial score (nSPS) is 20.7. The number of carbonyl (C=O) groups is 2. The zero-order valence-electron chi connectivity index (χ0n) is 13.7. The van der Waals surface area contributed by atoms with Crippen molar-refractivity contribution in [3.8, 4) is 0 Å². The number of carboxylic acids is 1. The molecule has 5 nitrogen and oxygen atoms in total. The molecule has 2 aliphatic rings. The van der Waals surface area contributed by atoms with E-state index in [-0.39, 0.29) is 17.3 Å². The molecule has 0 saturated heterocycles. The van der Waals surface area contributed by atoms with Crippen LogP contribution in [0.5, 0.6) is 0 Å². The number of Topliss-reactive ketones (excluding diaryl/α,β-unsaturated/α-hetero) is 1. The second-order valence-electron chi connectivity index (χ2n) is 5.89. The SMILES string of the molecule is CCN1OC(C2CC2)=C(C(=O)c2ccc(Cl)c(Cl)c2SC)C1C(=O)O. The summed E-state index contributed by atoms with van der Waals surface area (Å²) in [5.41, 5.74) is 0.549. The number of carboxylic acid groups (broad SMARTS) is 1. The summed E-state index contributed by atoms with van der Waals surface area (Å²) in [7, 11) is 0. The van der Waals surface area contributed by atoms with E-state index in [1.165, 1.54) is 16.8 Å². The Hall–Kier alpha value is -1.21. The third kappa shape index (κ3) is 3.28. The number of carbonyl (C=O) groups excluding carboxylic acids is 1. The number of thioether (sulfide) groups is 1. The highest BCUT2D eigenvalue weighted by Gasteiger charge is 2.48. The summed E-state index contributed by atoms with van der Waals surface area (Å²) in [6, 6.07) is 2.03. The third-order valence-electron chi connectivity index (χ3n) is 4.28. The highest BCUT2D eigenvalue weighted by molar-refractivity contribution is 7.98. The van der Waals surface area contributed by atoms with Gasteiger partial charge in [-0.2, -0.15) is 0 Å². The van der Waals surface area contributed by atoms with E-state index < -0.39 is 12.0 Å². The summed E-state index contributed by atoms with van der Waals surface area (Å²) in [5, 5.41) is 11.7. The van der Waals surface area contributed by atoms with Crippen LogP contribution in [0, 0.1) is 5.92 Å². The van der Waals surface area contributed by atoms with E-state index in [2.05, 4.69) is 0 Å². The number of rotatable bonds is 6. The van der Waals surface area contributed by atoms with Crippen molar-refractivity contribution >= 4 is 46.7 Å². The summed E-state index contributed by atoms with van der Waals surface area (Å²) < 4.78 is 0. The third-order valence-corrected chi connectivity index (χ3v) is 6.03. The molecule has 25 heavy (non-hydrogen) atoms. The van der Waals surface area contributed by atoms with E-state index >= 15 is 0 Å². The lowest BCUT2D eigenvalue weighted by molar-refractivity contribution is -0.161. The molecule has 134 valence electrons. The van der Waals surface area contributed by atoms with Crippen LogP contribution < -0.4 is 0 Å². The number of nitrogens with zero attached hydrogens (tertiary/aromatic N) is 1. The molecule has 0 bridgehead atoms. The number of hydrogen-bond donors (Lipinski definition) is 1. The zero-order valence-corrected chi connectivity index (χ0v) is 16.0. The van der Waals surface area contributed by atoms with Crippen LogP contribution in [0.15, 0.2) is 28.4 Å². The first-order chi connectivity index (χ1) is 11.9. The predicted molar refractivity (Wildman–Crippen MR) is 97.2 cm³/mol. The van der Waals surface area contributed by atoms with Gasteiger partial charge in [-0.3, -0.25) is 9.59 Å². The minimum atomic E-state index is -1.11. The lowest BCUT2D eigenvalue weighted by atomic mass is 9.95. The molecule has 1 aromatic carbocycles. The van der Waals surface area contributed by atoms with Gasteiger partial charge in [0.2, 0.25) is 0 Å². The Balaban J connectivity index is 2.12. The molecule has 3 rings (SSSR count). The van der Waals surface area contributed by atoms with Crippen molar-refractivity contribution in [3.05, 3.63) is 39.1 Å². The summed E-state index contributed by atoms with van der Waals surface area (Å²) in [6.45, 7) is 2.15. The fourth-order valence-corrected chi connectivity index (χ4v) is 4.21. The molecule has 1 fully saturated rings. The van der Waals surface area contributed by atoms with Gasteiger partial charge < -0.3 is 9.94 Å². The number of hydrogen-bond acceptors (Lipinski definition) is 5. The molecule has 1 atom stereocenters. The number of likely N-dealkylation sites (N-methyl/N-ethyl adjacent to an activating group) is 1. The number of halogens is 2. The first kappa shape index (κ1) is 18.6. The van der Waals surface area contributed by atoms with Gasteiger partial charge in [0.25, 0.3) is 0 Å². The van der Waals surface area contributed by atoms with Crippen LogP contribution >= 0.6 is 35.0 Å². The lowest BCUT2D eigenvalue weighted by Crippen LogP contribution is -2.39. The number of allylic oxidation sites excluding steroid dienone is 1. The Morgan fingerprint density at radius 2 is 2.04 bits per heavy atom. The van der Waals surface area contributed by atoms with Crippen molar-refractivity contribution in [2.45, 2.75) is 30.7 Å². The molecule has 0 amide bonds. The van der Waals surface area contributed by atoms with Crippen LogP contribution in [0.4, 0.5) is 0 Å². The molecule has 1 aliphatic carbocycles. The monoisotopic (exact) mass is 401 g/mol. The Kier molecular flexibility index (Phi) is 5.34. The molecule has 0 spiro atoms. The minimum absolute atomic E-state index is 0.109. The molecule has 1 heterocycles. The first-order valence-corrected chi connectivity index (χ1v) is 9.86. The Labute approximate surface area is 159 Å². The van der Waals surface area contributed by atoms with Gasteiger partial charge in [0.05, 0.1) is 15.6 Å². The van der Waals surface area contributed by atoms with Crippen molar-refractivity contribution < 1.29 is 19.5 Å².